The average Bonchev–Trinajstić information content (AvgIpc) is 2.45. The molecule has 1 fully saturated rings. The quantitative estimate of drug-likeness (QED) is 0.842. The van der Waals surface area contributed by atoms with Crippen LogP contribution in [0.1, 0.15) is 0 Å². The van der Waals surface area contributed by atoms with Crippen LogP contribution < -0.4 is 4.90 Å². The summed E-state index contributed by atoms with van der Waals surface area (Å²) < 4.78 is 13.6. The molecule has 1 saturated heterocycles. The van der Waals surface area contributed by atoms with Crippen LogP contribution in [0.5, 0.6) is 0 Å². The van der Waals surface area contributed by atoms with Gasteiger partial charge in [0.25, 0.3) is 0 Å². The minimum atomic E-state index is -1.15. The molecule has 2 rings (SSSR count). The highest BCUT2D eigenvalue weighted by Gasteiger charge is 2.21. The summed E-state index contributed by atoms with van der Waals surface area (Å²) >= 11 is 0. The van der Waals surface area contributed by atoms with Crippen molar-refractivity contribution in [1.29, 1.82) is 0 Å². The largest absolute Gasteiger partial charge is 0.478 e. The number of carbonyl (C=O) groups is 2. The molecule has 1 amide bonds. The van der Waals surface area contributed by atoms with Crippen LogP contribution in [0.2, 0.25) is 0 Å². The fourth-order valence-electron chi connectivity index (χ4n) is 2.12. The van der Waals surface area contributed by atoms with Gasteiger partial charge in [-0.15, -0.1) is 0 Å². The molecule has 0 atom stereocenters. The van der Waals surface area contributed by atoms with Crippen LogP contribution in [0, 0.1) is 5.82 Å². The van der Waals surface area contributed by atoms with Crippen molar-refractivity contribution in [2.45, 2.75) is 0 Å². The van der Waals surface area contributed by atoms with Crippen LogP contribution in [0.25, 0.3) is 0 Å². The first kappa shape index (κ1) is 14.0. The zero-order valence-corrected chi connectivity index (χ0v) is 10.8. The van der Waals surface area contributed by atoms with Crippen LogP contribution in [0.15, 0.2) is 36.4 Å². The summed E-state index contributed by atoms with van der Waals surface area (Å²) in [4.78, 5) is 25.5. The Bertz CT molecular complexity index is 537. The summed E-state index contributed by atoms with van der Waals surface area (Å²) in [6, 6.07) is 6.51. The molecule has 1 aliphatic heterocycles. The normalized spacial score (nSPS) is 15.7. The first-order valence-corrected chi connectivity index (χ1v) is 6.27. The summed E-state index contributed by atoms with van der Waals surface area (Å²) in [5, 5.41) is 8.47. The number of aliphatic carboxylic acids is 1. The van der Waals surface area contributed by atoms with Crippen molar-refractivity contribution in [2.24, 2.45) is 0 Å². The molecule has 0 aliphatic carbocycles. The number of hydrogen-bond acceptors (Lipinski definition) is 3. The molecule has 1 aromatic carbocycles. The van der Waals surface area contributed by atoms with Gasteiger partial charge in [0.05, 0.1) is 5.69 Å². The topological polar surface area (TPSA) is 60.9 Å². The first-order valence-electron chi connectivity index (χ1n) is 6.27. The predicted octanol–water partition coefficient (Wildman–Crippen LogP) is 1.12. The molecule has 20 heavy (non-hydrogen) atoms. The highest BCUT2D eigenvalue weighted by molar-refractivity contribution is 5.94. The van der Waals surface area contributed by atoms with Crippen molar-refractivity contribution in [2.75, 3.05) is 31.1 Å². The maximum absolute atomic E-state index is 13.6. The molecule has 0 bridgehead atoms. The van der Waals surface area contributed by atoms with Gasteiger partial charge in [0.15, 0.2) is 0 Å². The smallest absolute Gasteiger partial charge is 0.328 e. The number of carboxylic acids is 1. The Kier molecular flexibility index (Phi) is 4.34. The molecule has 6 heteroatoms. The number of carbonyl (C=O) groups excluding carboxylic acids is 1. The Morgan fingerprint density at radius 2 is 1.75 bits per heavy atom. The molecule has 1 aromatic rings. The maximum Gasteiger partial charge on any atom is 0.328 e. The van der Waals surface area contributed by atoms with Gasteiger partial charge in [0.1, 0.15) is 5.82 Å². The van der Waals surface area contributed by atoms with Crippen LogP contribution in [0.4, 0.5) is 10.1 Å². The monoisotopic (exact) mass is 278 g/mol. The van der Waals surface area contributed by atoms with Gasteiger partial charge < -0.3 is 14.9 Å². The van der Waals surface area contributed by atoms with Gasteiger partial charge in [0, 0.05) is 38.3 Å². The SMILES string of the molecule is O=C(O)/C=C/C(=O)N1CCN(c2ccccc2F)CC1. The average molecular weight is 278 g/mol. The predicted molar refractivity (Wildman–Crippen MR) is 72.0 cm³/mol. The lowest BCUT2D eigenvalue weighted by atomic mass is 10.2. The molecular weight excluding hydrogens is 263 g/mol. The zero-order chi connectivity index (χ0) is 14.5. The number of rotatable bonds is 3. The third kappa shape index (κ3) is 3.34. The number of piperazine rings is 1. The molecular formula is C14H15FN2O3. The molecule has 0 saturated carbocycles. The van der Waals surface area contributed by atoms with E-state index in [9.17, 15) is 14.0 Å². The number of anilines is 1. The van der Waals surface area contributed by atoms with E-state index in [1.165, 1.54) is 6.07 Å². The molecule has 106 valence electrons. The second kappa shape index (κ2) is 6.18. The second-order valence-electron chi connectivity index (χ2n) is 4.44. The van der Waals surface area contributed by atoms with Crippen molar-refractivity contribution in [3.05, 3.63) is 42.2 Å². The van der Waals surface area contributed by atoms with Crippen molar-refractivity contribution >= 4 is 17.6 Å². The number of benzene rings is 1. The van der Waals surface area contributed by atoms with Gasteiger partial charge in [-0.3, -0.25) is 4.79 Å². The Morgan fingerprint density at radius 1 is 1.10 bits per heavy atom. The summed E-state index contributed by atoms with van der Waals surface area (Å²) in [6.07, 6.45) is 1.87. The van der Waals surface area contributed by atoms with Gasteiger partial charge in [-0.05, 0) is 12.1 Å². The van der Waals surface area contributed by atoms with E-state index in [-0.39, 0.29) is 11.7 Å². The van der Waals surface area contributed by atoms with Crippen molar-refractivity contribution in [1.82, 2.24) is 4.90 Å². The number of amides is 1. The summed E-state index contributed by atoms with van der Waals surface area (Å²) in [5.74, 6) is -1.76. The number of carboxylic acid groups (broad SMARTS) is 1. The van der Waals surface area contributed by atoms with E-state index in [2.05, 4.69) is 0 Å². The third-order valence-electron chi connectivity index (χ3n) is 3.15. The second-order valence-corrected chi connectivity index (χ2v) is 4.44. The van der Waals surface area contributed by atoms with Crippen LogP contribution >= 0.6 is 0 Å². The molecule has 0 unspecified atom stereocenters. The molecule has 1 aliphatic rings. The van der Waals surface area contributed by atoms with E-state index in [1.807, 2.05) is 4.90 Å². The van der Waals surface area contributed by atoms with E-state index in [1.54, 1.807) is 23.1 Å². The van der Waals surface area contributed by atoms with E-state index < -0.39 is 5.97 Å². The lowest BCUT2D eigenvalue weighted by Crippen LogP contribution is -2.48. The molecule has 1 N–H and O–H groups in total. The number of para-hydroxylation sites is 1. The minimum absolute atomic E-state index is 0.280. The Labute approximate surface area is 115 Å². The van der Waals surface area contributed by atoms with Crippen molar-refractivity contribution in [3.8, 4) is 0 Å². The molecule has 0 aromatic heterocycles. The van der Waals surface area contributed by atoms with Gasteiger partial charge in [-0.1, -0.05) is 12.1 Å². The molecule has 0 radical (unpaired) electrons. The van der Waals surface area contributed by atoms with Crippen molar-refractivity contribution < 1.29 is 19.1 Å². The fourth-order valence-corrected chi connectivity index (χ4v) is 2.12. The molecule has 1 heterocycles. The molecule has 5 nitrogen and oxygen atoms in total. The Morgan fingerprint density at radius 3 is 2.35 bits per heavy atom. The molecule has 0 spiro atoms. The number of hydrogen-bond donors (Lipinski definition) is 1. The fraction of sp³-hybridized carbons (Fsp3) is 0.286. The Balaban J connectivity index is 1.94. The summed E-state index contributed by atoms with van der Waals surface area (Å²) in [6.45, 7) is 1.93. The standard InChI is InChI=1S/C14H15FN2O3/c15-11-3-1-2-4-12(11)16-7-9-17(10-8-16)13(18)5-6-14(19)20/h1-6H,7-10H2,(H,19,20)/b6-5+. The van der Waals surface area contributed by atoms with Gasteiger partial charge in [-0.2, -0.15) is 0 Å². The first-order chi connectivity index (χ1) is 9.58. The van der Waals surface area contributed by atoms with E-state index in [4.69, 9.17) is 5.11 Å². The zero-order valence-electron chi connectivity index (χ0n) is 10.8. The van der Waals surface area contributed by atoms with E-state index in [0.29, 0.717) is 31.9 Å². The highest BCUT2D eigenvalue weighted by Crippen LogP contribution is 2.20. The number of nitrogens with zero attached hydrogens (tertiary/aromatic N) is 2. The highest BCUT2D eigenvalue weighted by atomic mass is 19.1. The third-order valence-corrected chi connectivity index (χ3v) is 3.15. The van der Waals surface area contributed by atoms with Crippen LogP contribution in [0.3, 0.4) is 0 Å². The van der Waals surface area contributed by atoms with Crippen LogP contribution in [-0.2, 0) is 9.59 Å². The van der Waals surface area contributed by atoms with E-state index in [0.717, 1.165) is 12.2 Å². The van der Waals surface area contributed by atoms with Crippen molar-refractivity contribution in [3.63, 3.8) is 0 Å². The maximum atomic E-state index is 13.6. The van der Waals surface area contributed by atoms with Gasteiger partial charge >= 0.3 is 5.97 Å². The lowest BCUT2D eigenvalue weighted by molar-refractivity contribution is -0.132. The summed E-state index contributed by atoms with van der Waals surface area (Å²) in [5.41, 5.74) is 0.528. The van der Waals surface area contributed by atoms with Gasteiger partial charge in [-0.25, -0.2) is 9.18 Å². The summed E-state index contributed by atoms with van der Waals surface area (Å²) in [7, 11) is 0. The Hall–Kier alpha value is -2.37. The lowest BCUT2D eigenvalue weighted by Gasteiger charge is -2.35. The number of halogens is 1. The van der Waals surface area contributed by atoms with Gasteiger partial charge in [0.2, 0.25) is 5.91 Å². The van der Waals surface area contributed by atoms with E-state index >= 15 is 0 Å². The van der Waals surface area contributed by atoms with Crippen LogP contribution in [-0.4, -0.2) is 48.1 Å². The minimum Gasteiger partial charge on any atom is -0.478 e.